The van der Waals surface area contributed by atoms with E-state index in [-0.39, 0.29) is 48.7 Å². The molecule has 3 aromatic rings. The normalized spacial score (nSPS) is 24.7. The zero-order valence-electron chi connectivity index (χ0n) is 40.4. The third kappa shape index (κ3) is 9.07. The van der Waals surface area contributed by atoms with Crippen LogP contribution >= 0.6 is 0 Å². The zero-order valence-corrected chi connectivity index (χ0v) is 40.4. The van der Waals surface area contributed by atoms with Crippen LogP contribution in [0, 0.1) is 22.7 Å². The van der Waals surface area contributed by atoms with Gasteiger partial charge in [0.1, 0.15) is 18.1 Å². The summed E-state index contributed by atoms with van der Waals surface area (Å²) in [4.78, 5) is 79.1. The average molecular weight is 904 g/mol. The fourth-order valence-electron chi connectivity index (χ4n) is 11.0. The summed E-state index contributed by atoms with van der Waals surface area (Å²) in [5, 5.41) is 5.69. The van der Waals surface area contributed by atoms with E-state index < -0.39 is 40.8 Å². The fraction of sp³-hybridized carbons (Fsp3) is 0.577. The summed E-state index contributed by atoms with van der Waals surface area (Å²) in [6.07, 6.45) is 6.38. The minimum absolute atomic E-state index is 0.0322. The Morgan fingerprint density at radius 1 is 0.985 bits per heavy atom. The molecule has 4 amide bonds. The maximum atomic E-state index is 14.8. The highest BCUT2D eigenvalue weighted by molar-refractivity contribution is 5.96. The molecule has 5 aliphatic rings. The van der Waals surface area contributed by atoms with E-state index in [0.29, 0.717) is 58.3 Å². The van der Waals surface area contributed by atoms with Gasteiger partial charge in [-0.1, -0.05) is 71.9 Å². The van der Waals surface area contributed by atoms with Crippen LogP contribution in [0.2, 0.25) is 0 Å². The summed E-state index contributed by atoms with van der Waals surface area (Å²) in [5.41, 5.74) is 10.2. The number of carbonyl (C=O) groups excluding carboxylic acids is 5. The third-order valence-corrected chi connectivity index (χ3v) is 14.6. The molecular weight excluding hydrogens is 835 g/mol. The molecular formula is C52H69N7O7. The molecule has 66 heavy (non-hydrogen) atoms. The number of esters is 1. The van der Waals surface area contributed by atoms with Crippen LogP contribution in [0.5, 0.6) is 0 Å². The van der Waals surface area contributed by atoms with Gasteiger partial charge in [-0.25, -0.2) is 5.43 Å². The minimum Gasteiger partial charge on any atom is -0.464 e. The number of aliphatic imine (C=N–C) groups is 1. The van der Waals surface area contributed by atoms with Crippen LogP contribution in [0.25, 0.3) is 27.6 Å². The number of hydrazine groups is 1. The first-order valence-electron chi connectivity index (χ1n) is 24.1. The number of ether oxygens (including phenoxy) is 2. The van der Waals surface area contributed by atoms with Crippen LogP contribution in [0.4, 0.5) is 0 Å². The third-order valence-electron chi connectivity index (χ3n) is 14.6. The lowest BCUT2D eigenvalue weighted by molar-refractivity contribution is -0.155. The molecule has 0 radical (unpaired) electrons. The molecule has 8 rings (SSSR count). The molecule has 5 aliphatic heterocycles. The maximum Gasteiger partial charge on any atom is 0.324 e. The predicted molar refractivity (Wildman–Crippen MR) is 255 cm³/mol. The molecule has 0 aliphatic carbocycles. The van der Waals surface area contributed by atoms with Crippen LogP contribution in [0.1, 0.15) is 104 Å². The first kappa shape index (κ1) is 47.2. The van der Waals surface area contributed by atoms with Gasteiger partial charge in [0.05, 0.1) is 23.8 Å². The Kier molecular flexibility index (Phi) is 13.4. The molecule has 14 nitrogen and oxygen atoms in total. The van der Waals surface area contributed by atoms with Gasteiger partial charge in [-0.15, -0.1) is 0 Å². The number of hydrogen-bond donors (Lipinski definition) is 2. The van der Waals surface area contributed by atoms with Crippen LogP contribution in [-0.4, -0.2) is 119 Å². The lowest BCUT2D eigenvalue weighted by atomic mass is 9.83. The number of methoxy groups -OCH3 is 1. The number of allylic oxidation sites excluding steroid dienone is 1. The van der Waals surface area contributed by atoms with Crippen LogP contribution in [-0.2, 0) is 53.3 Å². The average Bonchev–Trinajstić information content (AvgIpc) is 3.96. The van der Waals surface area contributed by atoms with Crippen molar-refractivity contribution < 1.29 is 33.4 Å². The van der Waals surface area contributed by atoms with Gasteiger partial charge in [-0.2, -0.15) is 0 Å². The van der Waals surface area contributed by atoms with Crippen molar-refractivity contribution in [1.82, 2.24) is 30.1 Å². The quantitative estimate of drug-likeness (QED) is 0.252. The molecule has 354 valence electrons. The summed E-state index contributed by atoms with van der Waals surface area (Å²) in [7, 11) is 3.82. The molecule has 14 heteroatoms. The van der Waals surface area contributed by atoms with E-state index in [1.165, 1.54) is 5.01 Å². The molecule has 3 fully saturated rings. The molecule has 6 bridgehead atoms. The van der Waals surface area contributed by atoms with E-state index in [1.807, 2.05) is 53.0 Å². The molecule has 1 unspecified atom stereocenters. The van der Waals surface area contributed by atoms with Crippen molar-refractivity contribution >= 4 is 52.3 Å². The molecule has 5 atom stereocenters. The first-order chi connectivity index (χ1) is 31.4. The number of amides is 4. The van der Waals surface area contributed by atoms with Gasteiger partial charge in [0.25, 0.3) is 5.91 Å². The Morgan fingerprint density at radius 3 is 2.48 bits per heavy atom. The number of nitrogens with one attached hydrogen (secondary N) is 2. The zero-order chi connectivity index (χ0) is 47.2. The maximum absolute atomic E-state index is 14.8. The molecule has 1 aromatic heterocycles. The molecule has 3 saturated heterocycles. The molecule has 6 heterocycles. The molecule has 0 saturated carbocycles. The highest BCUT2D eigenvalue weighted by Crippen LogP contribution is 2.44. The van der Waals surface area contributed by atoms with Gasteiger partial charge >= 0.3 is 5.97 Å². The number of likely N-dealkylation sites (tertiary alicyclic amines) is 2. The van der Waals surface area contributed by atoms with Crippen molar-refractivity contribution in [3.8, 4) is 11.1 Å². The number of fused-ring (bicyclic) bond motifs is 6. The van der Waals surface area contributed by atoms with E-state index in [0.717, 1.165) is 63.0 Å². The summed E-state index contributed by atoms with van der Waals surface area (Å²) >= 11 is 0. The molecule has 1 spiro atoms. The number of nitrogens with zero attached hydrogens (tertiary/aromatic N) is 5. The Balaban J connectivity index is 1.16. The Morgan fingerprint density at radius 2 is 1.74 bits per heavy atom. The van der Waals surface area contributed by atoms with Crippen molar-refractivity contribution in [1.29, 1.82) is 0 Å². The van der Waals surface area contributed by atoms with E-state index in [1.54, 1.807) is 16.9 Å². The monoisotopic (exact) mass is 904 g/mol. The van der Waals surface area contributed by atoms with Crippen molar-refractivity contribution in [3.05, 3.63) is 65.0 Å². The molecule has 2 N–H and O–H groups in total. The van der Waals surface area contributed by atoms with Gasteiger partial charge in [-0.3, -0.25) is 34.0 Å². The highest BCUT2D eigenvalue weighted by Gasteiger charge is 2.54. The lowest BCUT2D eigenvalue weighted by Gasteiger charge is -2.37. The number of rotatable bonds is 8. The van der Waals surface area contributed by atoms with Crippen LogP contribution < -0.4 is 10.7 Å². The number of aromatic nitrogens is 1. The lowest BCUT2D eigenvalue weighted by Crippen LogP contribution is -2.62. The van der Waals surface area contributed by atoms with Crippen molar-refractivity contribution in [2.24, 2.45) is 34.7 Å². The number of cyclic esters (lactones) is 1. The standard InChI is InChI=1S/C52H69N7O7/c1-31(2)44(58-24-20-52(50(58)64)19-23-57(29-52)47(61)32(3)4)46(60)54-41-26-34-13-10-14-35(25-34)36-17-18-42-38(27-36)39(45(56(42)8)37-15-11-21-53-43(37)33(5)65-9)28-51(6,7)30-66-49(63)40-16-12-22-59(55-40)48(41)62/h10,13-14,17-18,21,25,27,31-33,40-41,44,55H,11-12,15-16,19-20,22-24,26,28-30H2,1-9H3,(H,54,60)/t33-,40-,41-,44-,52?/m0/s1. The van der Waals surface area contributed by atoms with E-state index in [9.17, 15) is 24.0 Å². The minimum atomic E-state index is -1.02. The van der Waals surface area contributed by atoms with Gasteiger partial charge in [0, 0.05) is 86.5 Å². The van der Waals surface area contributed by atoms with Gasteiger partial charge in [0.15, 0.2) is 0 Å². The Labute approximate surface area is 389 Å². The van der Waals surface area contributed by atoms with Crippen LogP contribution in [0.3, 0.4) is 0 Å². The van der Waals surface area contributed by atoms with E-state index >= 15 is 0 Å². The summed E-state index contributed by atoms with van der Waals surface area (Å²) in [6.45, 7) is 15.6. The van der Waals surface area contributed by atoms with Gasteiger partial charge in [0.2, 0.25) is 17.7 Å². The number of aryl methyl sites for hydroxylation is 1. The second-order valence-electron chi connectivity index (χ2n) is 20.8. The number of benzene rings is 2. The predicted octanol–water partition coefficient (Wildman–Crippen LogP) is 6.24. The van der Waals surface area contributed by atoms with Gasteiger partial charge in [-0.05, 0) is 92.2 Å². The van der Waals surface area contributed by atoms with E-state index in [2.05, 4.69) is 66.5 Å². The largest absolute Gasteiger partial charge is 0.464 e. The summed E-state index contributed by atoms with van der Waals surface area (Å²) in [6, 6.07) is 12.0. The Hall–Kier alpha value is -5.34. The smallest absolute Gasteiger partial charge is 0.324 e. The first-order valence-corrected chi connectivity index (χ1v) is 24.1. The Bertz CT molecular complexity index is 2470. The summed E-state index contributed by atoms with van der Waals surface area (Å²) < 4.78 is 14.2. The van der Waals surface area contributed by atoms with Gasteiger partial charge < -0.3 is 29.2 Å². The second kappa shape index (κ2) is 18.7. The second-order valence-corrected chi connectivity index (χ2v) is 20.8. The van der Waals surface area contributed by atoms with Crippen molar-refractivity contribution in [2.45, 2.75) is 124 Å². The van der Waals surface area contributed by atoms with E-state index in [4.69, 9.17) is 14.5 Å². The molecule has 2 aromatic carbocycles. The topological polar surface area (TPSA) is 155 Å². The van der Waals surface area contributed by atoms with Crippen molar-refractivity contribution in [3.63, 3.8) is 0 Å². The SMILES string of the molecule is CO[C@@H](C)C1=C(c2c3c4cc(ccc4n2C)-c2cccc(c2)C[C@H](NC(=O)[C@H](C(C)C)N2CCC4(CCN(C(=O)C(C)C)C4)C2=O)C(=O)N2CCC[C@H](N2)C(=O)OCC(C)(C)C3)CCC=N1. The number of carbonyl (C=O) groups is 5. The van der Waals surface area contributed by atoms with Crippen LogP contribution in [0.15, 0.2) is 53.2 Å². The summed E-state index contributed by atoms with van der Waals surface area (Å²) in [5.74, 6) is -1.72. The van der Waals surface area contributed by atoms with Crippen molar-refractivity contribution in [2.75, 3.05) is 39.9 Å². The fourth-order valence-corrected chi connectivity index (χ4v) is 11.0. The highest BCUT2D eigenvalue weighted by atomic mass is 16.5. The number of hydrogen-bond acceptors (Lipinski definition) is 9.